The third kappa shape index (κ3) is 8.56. The van der Waals surface area contributed by atoms with E-state index in [9.17, 15) is 14.4 Å². The second-order valence-electron chi connectivity index (χ2n) is 5.00. The molecule has 122 valence electrons. The fourth-order valence-corrected chi connectivity index (χ4v) is 1.89. The van der Waals surface area contributed by atoms with Gasteiger partial charge in [0.25, 0.3) is 0 Å². The second-order valence-corrected chi connectivity index (χ2v) is 5.37. The molecule has 0 spiro atoms. The monoisotopic (exact) mass is 319 g/mol. The van der Waals surface area contributed by atoms with Gasteiger partial charge < -0.3 is 21.5 Å². The number of hydrogen-bond donors (Lipinski definition) is 5. The van der Waals surface area contributed by atoms with Gasteiger partial charge in [0.1, 0.15) is 12.6 Å². The van der Waals surface area contributed by atoms with Gasteiger partial charge in [0.2, 0.25) is 11.8 Å². The number of carbonyl (C=O) groups is 3. The van der Waals surface area contributed by atoms with Crippen LogP contribution in [0.4, 0.5) is 0 Å². The quantitative estimate of drug-likeness (QED) is 0.356. The highest BCUT2D eigenvalue weighted by Gasteiger charge is 2.20. The zero-order valence-electron chi connectivity index (χ0n) is 12.5. The average molecular weight is 319 g/mol. The molecule has 0 aromatic rings. The summed E-state index contributed by atoms with van der Waals surface area (Å²) in [6, 6.07) is -0.906. The van der Waals surface area contributed by atoms with E-state index in [-0.39, 0.29) is 24.1 Å². The number of rotatable bonds is 10. The summed E-state index contributed by atoms with van der Waals surface area (Å²) in [6.45, 7) is 3.57. The highest BCUT2D eigenvalue weighted by atomic mass is 32.1. The number of amides is 2. The van der Waals surface area contributed by atoms with Crippen molar-refractivity contribution in [1.82, 2.24) is 10.6 Å². The van der Waals surface area contributed by atoms with Gasteiger partial charge in [-0.3, -0.25) is 14.4 Å². The van der Waals surface area contributed by atoms with Crippen LogP contribution >= 0.6 is 12.6 Å². The van der Waals surface area contributed by atoms with Crippen molar-refractivity contribution in [2.45, 2.75) is 45.2 Å². The van der Waals surface area contributed by atoms with Crippen molar-refractivity contribution in [2.75, 3.05) is 12.3 Å². The van der Waals surface area contributed by atoms with Crippen molar-refractivity contribution < 1.29 is 19.5 Å². The summed E-state index contributed by atoms with van der Waals surface area (Å²) >= 11 is 3.98. The van der Waals surface area contributed by atoms with E-state index < -0.39 is 24.5 Å². The van der Waals surface area contributed by atoms with E-state index in [2.05, 4.69) is 23.3 Å². The van der Waals surface area contributed by atoms with Crippen LogP contribution in [0.1, 0.15) is 33.1 Å². The van der Waals surface area contributed by atoms with Crippen molar-refractivity contribution >= 4 is 30.4 Å². The summed E-state index contributed by atoms with van der Waals surface area (Å²) in [6.07, 6.45) is 1.71. The molecule has 0 heterocycles. The number of carboxylic acids is 1. The standard InChI is InChI=1S/C13H25N3O4S/c1-3-8(2)9(14)4-5-11(17)16-10(7-21)13(20)15-6-12(18)19/h8-10,21H,3-7,14H2,1-2H3,(H,15,20)(H,16,17)(H,18,19)/t8?,9-,10-/m0/s1. The van der Waals surface area contributed by atoms with Crippen LogP contribution in [0, 0.1) is 5.92 Å². The van der Waals surface area contributed by atoms with Crippen LogP contribution in [-0.2, 0) is 14.4 Å². The van der Waals surface area contributed by atoms with E-state index in [1.54, 1.807) is 0 Å². The number of nitrogens with two attached hydrogens (primary N) is 1. The molecule has 0 aromatic carbocycles. The Bertz CT molecular complexity index is 365. The van der Waals surface area contributed by atoms with E-state index in [4.69, 9.17) is 10.8 Å². The molecule has 3 atom stereocenters. The summed E-state index contributed by atoms with van der Waals surface area (Å²) < 4.78 is 0. The van der Waals surface area contributed by atoms with Crippen LogP contribution in [0.5, 0.6) is 0 Å². The van der Waals surface area contributed by atoms with Gasteiger partial charge in [0.15, 0.2) is 0 Å². The molecule has 0 aliphatic heterocycles. The number of carboxylic acid groups (broad SMARTS) is 1. The predicted octanol–water partition coefficient (Wildman–Crippen LogP) is -0.245. The lowest BCUT2D eigenvalue weighted by Crippen LogP contribution is -2.49. The molecule has 0 aliphatic carbocycles. The van der Waals surface area contributed by atoms with Gasteiger partial charge in [0.05, 0.1) is 0 Å². The summed E-state index contributed by atoms with van der Waals surface area (Å²) in [7, 11) is 0. The second kappa shape index (κ2) is 10.4. The first kappa shape index (κ1) is 19.7. The smallest absolute Gasteiger partial charge is 0.322 e. The third-order valence-electron chi connectivity index (χ3n) is 3.33. The lowest BCUT2D eigenvalue weighted by atomic mass is 9.96. The zero-order valence-corrected chi connectivity index (χ0v) is 13.4. The van der Waals surface area contributed by atoms with Crippen LogP contribution in [-0.4, -0.2) is 47.3 Å². The molecule has 1 unspecified atom stereocenters. The summed E-state index contributed by atoms with van der Waals surface area (Å²) in [5.41, 5.74) is 5.94. The Morgan fingerprint density at radius 3 is 2.43 bits per heavy atom. The van der Waals surface area contributed by atoms with Gasteiger partial charge in [-0.05, 0) is 12.3 Å². The van der Waals surface area contributed by atoms with Crippen LogP contribution in [0.15, 0.2) is 0 Å². The molecule has 0 rings (SSSR count). The first-order valence-corrected chi connectivity index (χ1v) is 7.60. The van der Waals surface area contributed by atoms with Gasteiger partial charge in [0, 0.05) is 18.2 Å². The maximum atomic E-state index is 11.8. The molecule has 2 amide bonds. The summed E-state index contributed by atoms with van der Waals surface area (Å²) in [4.78, 5) is 33.8. The van der Waals surface area contributed by atoms with Crippen LogP contribution < -0.4 is 16.4 Å². The zero-order chi connectivity index (χ0) is 16.4. The lowest BCUT2D eigenvalue weighted by molar-refractivity contribution is -0.138. The van der Waals surface area contributed by atoms with E-state index in [0.717, 1.165) is 6.42 Å². The SMILES string of the molecule is CCC(C)[C@@H](N)CCC(=O)N[C@@H](CS)C(=O)NCC(=O)O. The fourth-order valence-electron chi connectivity index (χ4n) is 1.63. The van der Waals surface area contributed by atoms with Gasteiger partial charge in [-0.15, -0.1) is 0 Å². The molecule has 7 nitrogen and oxygen atoms in total. The lowest BCUT2D eigenvalue weighted by Gasteiger charge is -2.19. The van der Waals surface area contributed by atoms with Gasteiger partial charge in [-0.2, -0.15) is 12.6 Å². The number of hydrogen-bond acceptors (Lipinski definition) is 5. The highest BCUT2D eigenvalue weighted by molar-refractivity contribution is 7.80. The minimum Gasteiger partial charge on any atom is -0.480 e. The van der Waals surface area contributed by atoms with Crippen LogP contribution in [0.3, 0.4) is 0 Å². The molecule has 0 fully saturated rings. The van der Waals surface area contributed by atoms with Crippen molar-refractivity contribution in [2.24, 2.45) is 11.7 Å². The minimum atomic E-state index is -1.15. The summed E-state index contributed by atoms with van der Waals surface area (Å²) in [5.74, 6) is -1.58. The predicted molar refractivity (Wildman–Crippen MR) is 83.1 cm³/mol. The molecule has 0 saturated carbocycles. The van der Waals surface area contributed by atoms with E-state index in [0.29, 0.717) is 12.3 Å². The molecule has 0 bridgehead atoms. The highest BCUT2D eigenvalue weighted by Crippen LogP contribution is 2.10. The maximum Gasteiger partial charge on any atom is 0.322 e. The van der Waals surface area contributed by atoms with Gasteiger partial charge >= 0.3 is 5.97 Å². The first-order valence-electron chi connectivity index (χ1n) is 6.97. The maximum absolute atomic E-state index is 11.8. The Morgan fingerprint density at radius 2 is 1.95 bits per heavy atom. The molecular weight excluding hydrogens is 294 g/mol. The number of nitrogens with one attached hydrogen (secondary N) is 2. The average Bonchev–Trinajstić information content (AvgIpc) is 2.46. The Hall–Kier alpha value is -1.28. The topological polar surface area (TPSA) is 122 Å². The Kier molecular flexibility index (Phi) is 9.81. The third-order valence-corrected chi connectivity index (χ3v) is 3.69. The molecule has 0 saturated heterocycles. The van der Waals surface area contributed by atoms with Gasteiger partial charge in [-0.25, -0.2) is 0 Å². The first-order chi connectivity index (χ1) is 9.81. The van der Waals surface area contributed by atoms with Crippen molar-refractivity contribution in [1.29, 1.82) is 0 Å². The normalized spacial score (nSPS) is 14.9. The Morgan fingerprint density at radius 1 is 1.33 bits per heavy atom. The largest absolute Gasteiger partial charge is 0.480 e. The number of thiol groups is 1. The van der Waals surface area contributed by atoms with E-state index >= 15 is 0 Å². The van der Waals surface area contributed by atoms with Crippen molar-refractivity contribution in [3.63, 3.8) is 0 Å². The molecule has 0 aliphatic rings. The van der Waals surface area contributed by atoms with E-state index in [1.165, 1.54) is 0 Å². The molecule has 21 heavy (non-hydrogen) atoms. The molecule has 0 aromatic heterocycles. The number of aliphatic carboxylic acids is 1. The molecule has 5 N–H and O–H groups in total. The Balaban J connectivity index is 4.20. The molecular formula is C13H25N3O4S. The van der Waals surface area contributed by atoms with Gasteiger partial charge in [-0.1, -0.05) is 20.3 Å². The number of carbonyl (C=O) groups excluding carboxylic acids is 2. The fraction of sp³-hybridized carbons (Fsp3) is 0.769. The summed E-state index contributed by atoms with van der Waals surface area (Å²) in [5, 5.41) is 13.2. The van der Waals surface area contributed by atoms with Crippen LogP contribution in [0.2, 0.25) is 0 Å². The van der Waals surface area contributed by atoms with Crippen molar-refractivity contribution in [3.05, 3.63) is 0 Å². The van der Waals surface area contributed by atoms with Crippen molar-refractivity contribution in [3.8, 4) is 0 Å². The molecule has 0 radical (unpaired) electrons. The minimum absolute atomic E-state index is 0.0592. The Labute approximate surface area is 130 Å². The van der Waals surface area contributed by atoms with E-state index in [1.807, 2.05) is 13.8 Å². The van der Waals surface area contributed by atoms with Crippen LogP contribution in [0.25, 0.3) is 0 Å². The molecule has 8 heteroatoms.